The molecule has 2 aromatic rings. The Balaban J connectivity index is 1.59. The summed E-state index contributed by atoms with van der Waals surface area (Å²) in [6, 6.07) is 1.96. The van der Waals surface area contributed by atoms with Crippen LogP contribution in [-0.2, 0) is 24.3 Å². The summed E-state index contributed by atoms with van der Waals surface area (Å²) in [5, 5.41) is 7.34. The summed E-state index contributed by atoms with van der Waals surface area (Å²) in [5.74, 6) is 0.373. The van der Waals surface area contributed by atoms with Crippen molar-refractivity contribution in [3.05, 3.63) is 34.4 Å². The maximum absolute atomic E-state index is 13.1. The molecule has 29 heavy (non-hydrogen) atoms. The third kappa shape index (κ3) is 3.81. The minimum atomic E-state index is -0.0644. The summed E-state index contributed by atoms with van der Waals surface area (Å²) >= 11 is 0. The van der Waals surface area contributed by atoms with E-state index in [0.717, 1.165) is 48.6 Å². The predicted octanol–water partition coefficient (Wildman–Crippen LogP) is 1.15. The minimum Gasteiger partial charge on any atom is -0.357 e. The molecule has 0 saturated carbocycles. The summed E-state index contributed by atoms with van der Waals surface area (Å²) in [6.07, 6.45) is 2.64. The first kappa shape index (κ1) is 19.4. The molecule has 4 heterocycles. The van der Waals surface area contributed by atoms with Crippen molar-refractivity contribution in [2.75, 3.05) is 32.0 Å². The number of nitrogens with one attached hydrogen (secondary N) is 1. The third-order valence-electron chi connectivity index (χ3n) is 5.62. The number of rotatable bonds is 4. The Bertz CT molecular complexity index is 947. The Morgan fingerprint density at radius 3 is 2.52 bits per heavy atom. The Morgan fingerprint density at radius 1 is 1.10 bits per heavy atom. The average Bonchev–Trinajstić information content (AvgIpc) is 3.36. The number of aryl methyl sites for hydroxylation is 2. The SMILES string of the molecule is CNc1nc2c(c(C(=O)N3CCCC3)n1)CN(C(=O)Cn1nc(C)cc1C)CC2. The van der Waals surface area contributed by atoms with E-state index in [1.807, 2.05) is 24.8 Å². The average molecular weight is 397 g/mol. The van der Waals surface area contributed by atoms with Crippen LogP contribution >= 0.6 is 0 Å². The second kappa shape index (κ2) is 7.81. The van der Waals surface area contributed by atoms with Gasteiger partial charge < -0.3 is 15.1 Å². The highest BCUT2D eigenvalue weighted by atomic mass is 16.2. The van der Waals surface area contributed by atoms with Crippen molar-refractivity contribution in [3.8, 4) is 0 Å². The van der Waals surface area contributed by atoms with Crippen molar-refractivity contribution in [2.24, 2.45) is 0 Å². The van der Waals surface area contributed by atoms with Crippen molar-refractivity contribution in [3.63, 3.8) is 0 Å². The smallest absolute Gasteiger partial charge is 0.273 e. The molecule has 1 fully saturated rings. The first-order valence-electron chi connectivity index (χ1n) is 10.1. The van der Waals surface area contributed by atoms with E-state index in [9.17, 15) is 9.59 Å². The molecular formula is C20H27N7O2. The fourth-order valence-electron chi connectivity index (χ4n) is 4.05. The van der Waals surface area contributed by atoms with Crippen LogP contribution in [0.4, 0.5) is 5.95 Å². The van der Waals surface area contributed by atoms with E-state index in [1.165, 1.54) is 0 Å². The van der Waals surface area contributed by atoms with Crippen LogP contribution in [0.2, 0.25) is 0 Å². The van der Waals surface area contributed by atoms with E-state index in [0.29, 0.717) is 31.2 Å². The lowest BCUT2D eigenvalue weighted by Crippen LogP contribution is -2.40. The van der Waals surface area contributed by atoms with Crippen LogP contribution in [-0.4, -0.2) is 68.0 Å². The first-order valence-corrected chi connectivity index (χ1v) is 10.1. The van der Waals surface area contributed by atoms with Crippen LogP contribution in [0.25, 0.3) is 0 Å². The zero-order chi connectivity index (χ0) is 20.5. The highest BCUT2D eigenvalue weighted by Gasteiger charge is 2.31. The largest absolute Gasteiger partial charge is 0.357 e. The number of fused-ring (bicyclic) bond motifs is 1. The van der Waals surface area contributed by atoms with E-state index < -0.39 is 0 Å². The van der Waals surface area contributed by atoms with Gasteiger partial charge >= 0.3 is 0 Å². The molecule has 0 spiro atoms. The van der Waals surface area contributed by atoms with Gasteiger partial charge in [0.2, 0.25) is 11.9 Å². The van der Waals surface area contributed by atoms with Gasteiger partial charge in [-0.2, -0.15) is 5.10 Å². The van der Waals surface area contributed by atoms with Gasteiger partial charge in [0.1, 0.15) is 12.2 Å². The molecule has 2 aliphatic rings. The van der Waals surface area contributed by atoms with Gasteiger partial charge in [0.25, 0.3) is 5.91 Å². The molecule has 0 aliphatic carbocycles. The Morgan fingerprint density at radius 2 is 1.86 bits per heavy atom. The number of carbonyl (C=O) groups is 2. The lowest BCUT2D eigenvalue weighted by molar-refractivity contribution is -0.133. The molecule has 2 aliphatic heterocycles. The quantitative estimate of drug-likeness (QED) is 0.832. The molecule has 4 rings (SSSR count). The molecular weight excluding hydrogens is 370 g/mol. The van der Waals surface area contributed by atoms with Crippen LogP contribution in [0.1, 0.15) is 46.0 Å². The van der Waals surface area contributed by atoms with Crippen molar-refractivity contribution in [1.29, 1.82) is 0 Å². The number of nitrogens with zero attached hydrogens (tertiary/aromatic N) is 6. The third-order valence-corrected chi connectivity index (χ3v) is 5.62. The maximum atomic E-state index is 13.1. The van der Waals surface area contributed by atoms with Crippen molar-refractivity contribution < 1.29 is 9.59 Å². The normalized spacial score (nSPS) is 16.1. The van der Waals surface area contributed by atoms with Gasteiger partial charge in [-0.3, -0.25) is 14.3 Å². The molecule has 9 heteroatoms. The zero-order valence-corrected chi connectivity index (χ0v) is 17.2. The van der Waals surface area contributed by atoms with E-state index in [4.69, 9.17) is 0 Å². The van der Waals surface area contributed by atoms with Crippen molar-refractivity contribution >= 4 is 17.8 Å². The molecule has 2 aromatic heterocycles. The monoisotopic (exact) mass is 397 g/mol. The summed E-state index contributed by atoms with van der Waals surface area (Å²) in [6.45, 7) is 6.49. The number of carbonyl (C=O) groups excluding carboxylic acids is 2. The van der Waals surface area contributed by atoms with Crippen LogP contribution in [0, 0.1) is 13.8 Å². The Labute approximate surface area is 170 Å². The highest BCUT2D eigenvalue weighted by Crippen LogP contribution is 2.24. The van der Waals surface area contributed by atoms with Crippen LogP contribution in [0.5, 0.6) is 0 Å². The van der Waals surface area contributed by atoms with E-state index >= 15 is 0 Å². The van der Waals surface area contributed by atoms with Crippen LogP contribution in [0.3, 0.4) is 0 Å². The lowest BCUT2D eigenvalue weighted by Gasteiger charge is -2.30. The molecule has 9 nitrogen and oxygen atoms in total. The van der Waals surface area contributed by atoms with Gasteiger partial charge in [0, 0.05) is 50.9 Å². The second-order valence-electron chi connectivity index (χ2n) is 7.72. The topological polar surface area (TPSA) is 96.3 Å². The van der Waals surface area contributed by atoms with Gasteiger partial charge in [-0.05, 0) is 32.8 Å². The number of likely N-dealkylation sites (tertiary alicyclic amines) is 1. The molecule has 0 aromatic carbocycles. The van der Waals surface area contributed by atoms with Crippen LogP contribution in [0.15, 0.2) is 6.07 Å². The molecule has 1 saturated heterocycles. The predicted molar refractivity (Wildman–Crippen MR) is 108 cm³/mol. The van der Waals surface area contributed by atoms with Crippen molar-refractivity contribution in [1.82, 2.24) is 29.5 Å². The molecule has 0 radical (unpaired) electrons. The van der Waals surface area contributed by atoms with Gasteiger partial charge in [0.05, 0.1) is 11.4 Å². The number of amides is 2. The summed E-state index contributed by atoms with van der Waals surface area (Å²) in [7, 11) is 1.75. The molecule has 1 N–H and O–H groups in total. The van der Waals surface area contributed by atoms with Crippen LogP contribution < -0.4 is 5.32 Å². The number of aromatic nitrogens is 4. The molecule has 0 unspecified atom stereocenters. The molecule has 0 atom stereocenters. The Hall–Kier alpha value is -2.97. The van der Waals surface area contributed by atoms with E-state index in [1.54, 1.807) is 16.6 Å². The fraction of sp³-hybridized carbons (Fsp3) is 0.550. The number of hydrogen-bond acceptors (Lipinski definition) is 6. The standard InChI is InChI=1S/C20H27N7O2/c1-13-10-14(2)27(24-13)12-17(28)26-9-6-16-15(11-26)18(23-20(21-3)22-16)19(29)25-7-4-5-8-25/h10H,4-9,11-12H2,1-3H3,(H,21,22,23). The minimum absolute atomic E-state index is 0.0147. The molecule has 2 amide bonds. The lowest BCUT2D eigenvalue weighted by atomic mass is 10.0. The van der Waals surface area contributed by atoms with E-state index in [-0.39, 0.29) is 18.4 Å². The van der Waals surface area contributed by atoms with E-state index in [2.05, 4.69) is 20.4 Å². The highest BCUT2D eigenvalue weighted by molar-refractivity contribution is 5.94. The zero-order valence-electron chi connectivity index (χ0n) is 17.2. The second-order valence-corrected chi connectivity index (χ2v) is 7.72. The van der Waals surface area contributed by atoms with Gasteiger partial charge in [-0.1, -0.05) is 0 Å². The Kier molecular flexibility index (Phi) is 5.21. The first-order chi connectivity index (χ1) is 14.0. The fourth-order valence-corrected chi connectivity index (χ4v) is 4.05. The number of hydrogen-bond donors (Lipinski definition) is 1. The van der Waals surface area contributed by atoms with Gasteiger partial charge in [0.15, 0.2) is 0 Å². The molecule has 154 valence electrons. The summed E-state index contributed by atoms with van der Waals surface area (Å²) in [4.78, 5) is 38.7. The van der Waals surface area contributed by atoms with Crippen molar-refractivity contribution in [2.45, 2.75) is 46.2 Å². The molecule has 0 bridgehead atoms. The summed E-state index contributed by atoms with van der Waals surface area (Å²) < 4.78 is 1.73. The van der Waals surface area contributed by atoms with Gasteiger partial charge in [-0.25, -0.2) is 9.97 Å². The maximum Gasteiger partial charge on any atom is 0.273 e. The number of anilines is 1. The van der Waals surface area contributed by atoms with Gasteiger partial charge in [-0.15, -0.1) is 0 Å². The summed E-state index contributed by atoms with van der Waals surface area (Å²) in [5.41, 5.74) is 3.90.